The summed E-state index contributed by atoms with van der Waals surface area (Å²) in [4.78, 5) is 7.14. The summed E-state index contributed by atoms with van der Waals surface area (Å²) in [6.07, 6.45) is 2.07. The van der Waals surface area contributed by atoms with Crippen molar-refractivity contribution in [2.75, 3.05) is 26.5 Å². The molecular weight excluding hydrogens is 416 g/mol. The molecule has 0 heterocycles. The van der Waals surface area contributed by atoms with Crippen LogP contribution in [-0.4, -0.2) is 41.7 Å². The minimum Gasteiger partial charge on any atom is -0.507 e. The van der Waals surface area contributed by atoms with Crippen molar-refractivity contribution in [3.05, 3.63) is 64.7 Å². The van der Waals surface area contributed by atoms with E-state index in [1.165, 1.54) is 11.1 Å². The third-order valence-corrected chi connectivity index (χ3v) is 6.12. The summed E-state index contributed by atoms with van der Waals surface area (Å²) in [7, 11) is 1.70. The van der Waals surface area contributed by atoms with E-state index in [1.54, 1.807) is 18.9 Å². The van der Waals surface area contributed by atoms with E-state index in [1.807, 2.05) is 6.07 Å². The van der Waals surface area contributed by atoms with E-state index >= 15 is 0 Å². The smallest absolute Gasteiger partial charge is 0.159 e. The highest BCUT2D eigenvalue weighted by Gasteiger charge is 2.27. The van der Waals surface area contributed by atoms with Gasteiger partial charge in [-0.25, -0.2) is 0 Å². The molecule has 0 aliphatic rings. The second-order valence-electron chi connectivity index (χ2n) is 10.2. The Morgan fingerprint density at radius 1 is 0.938 bits per heavy atom. The van der Waals surface area contributed by atoms with Crippen LogP contribution >= 0.6 is 11.8 Å². The predicted molar refractivity (Wildman–Crippen MR) is 139 cm³/mol. The van der Waals surface area contributed by atoms with Crippen molar-refractivity contribution in [1.82, 2.24) is 4.90 Å². The van der Waals surface area contributed by atoms with Crippen molar-refractivity contribution >= 4 is 16.9 Å². The quantitative estimate of drug-likeness (QED) is 0.299. The lowest BCUT2D eigenvalue weighted by atomic mass is 9.78. The molecule has 0 saturated heterocycles. The average molecular weight is 457 g/mol. The molecule has 1 N–H and O–H groups in total. The summed E-state index contributed by atoms with van der Waals surface area (Å²) in [5.74, 6) is 0.419. The molecule has 2 rings (SSSR count). The van der Waals surface area contributed by atoms with Crippen LogP contribution in [0.2, 0.25) is 0 Å². The number of ether oxygens (including phenoxy) is 1. The lowest BCUT2D eigenvalue weighted by molar-refractivity contribution is 0.207. The van der Waals surface area contributed by atoms with Crippen molar-refractivity contribution < 1.29 is 9.84 Å². The van der Waals surface area contributed by atoms with Gasteiger partial charge in [-0.2, -0.15) is 0 Å². The maximum absolute atomic E-state index is 11.1. The largest absolute Gasteiger partial charge is 0.507 e. The maximum atomic E-state index is 11.1. The molecule has 2 aromatic rings. The van der Waals surface area contributed by atoms with Gasteiger partial charge in [0.2, 0.25) is 0 Å². The second-order valence-corrected chi connectivity index (χ2v) is 11.0. The number of rotatable bonds is 7. The first-order chi connectivity index (χ1) is 15.0. The van der Waals surface area contributed by atoms with E-state index in [-0.39, 0.29) is 10.8 Å². The number of hydrogen-bond acceptors (Lipinski definition) is 4. The fraction of sp³-hybridized carbons (Fsp3) is 0.519. The fourth-order valence-corrected chi connectivity index (χ4v) is 4.28. The van der Waals surface area contributed by atoms with Gasteiger partial charge in [0.1, 0.15) is 5.75 Å². The summed E-state index contributed by atoms with van der Waals surface area (Å²) in [5, 5.41) is 12.1. The number of amidine groups is 1. The van der Waals surface area contributed by atoms with Crippen molar-refractivity contribution in [3.63, 3.8) is 0 Å². The van der Waals surface area contributed by atoms with Gasteiger partial charge >= 0.3 is 0 Å². The number of phenols is 1. The Morgan fingerprint density at radius 2 is 1.47 bits per heavy atom. The minimum absolute atomic E-state index is 0.154. The zero-order valence-electron chi connectivity index (χ0n) is 21.0. The Hall–Kier alpha value is -1.98. The van der Waals surface area contributed by atoms with Crippen LogP contribution in [0.25, 0.3) is 0 Å². The lowest BCUT2D eigenvalue weighted by Gasteiger charge is -2.30. The molecule has 0 saturated carbocycles. The van der Waals surface area contributed by atoms with Gasteiger partial charge in [-0.1, -0.05) is 83.6 Å². The molecule has 0 spiro atoms. The minimum atomic E-state index is -0.154. The van der Waals surface area contributed by atoms with Crippen LogP contribution in [0.4, 0.5) is 0 Å². The molecule has 0 aliphatic heterocycles. The molecule has 32 heavy (non-hydrogen) atoms. The standard InChI is InChI=1S/C27H40N2O2S/c1-26(2,3)22-16-21(17-23(24(22)30)27(4,5)6)19-29(18-20-12-10-9-11-13-20)25(32-8)28-14-15-31-7/h9-13,16-17,30H,14-15,18-19H2,1-8H3. The highest BCUT2D eigenvalue weighted by atomic mass is 32.2. The normalized spacial score (nSPS) is 12.8. The fourth-order valence-electron chi connectivity index (χ4n) is 3.67. The van der Waals surface area contributed by atoms with Gasteiger partial charge in [-0.15, -0.1) is 0 Å². The van der Waals surface area contributed by atoms with E-state index in [0.29, 0.717) is 25.4 Å². The Labute approximate surface area is 199 Å². The predicted octanol–water partition coefficient (Wildman–Crippen LogP) is 6.35. The van der Waals surface area contributed by atoms with E-state index in [4.69, 9.17) is 9.73 Å². The number of nitrogens with zero attached hydrogens (tertiary/aromatic N) is 2. The van der Waals surface area contributed by atoms with Gasteiger partial charge < -0.3 is 14.7 Å². The molecule has 0 unspecified atom stereocenters. The molecule has 176 valence electrons. The first-order valence-corrected chi connectivity index (χ1v) is 12.4. The molecule has 0 amide bonds. The third kappa shape index (κ3) is 7.28. The SMILES string of the molecule is COCCN=C(SC)N(Cc1ccccc1)Cc1cc(C(C)(C)C)c(O)c(C(C)(C)C)c1. The molecule has 0 aromatic heterocycles. The van der Waals surface area contributed by atoms with Crippen molar-refractivity contribution in [1.29, 1.82) is 0 Å². The average Bonchev–Trinajstić information content (AvgIpc) is 2.71. The summed E-state index contributed by atoms with van der Waals surface area (Å²) in [6.45, 7) is 15.6. The van der Waals surface area contributed by atoms with Gasteiger partial charge in [0.15, 0.2) is 5.17 Å². The number of benzene rings is 2. The highest BCUT2D eigenvalue weighted by Crippen LogP contribution is 2.40. The van der Waals surface area contributed by atoms with Gasteiger partial charge in [0, 0.05) is 20.2 Å². The van der Waals surface area contributed by atoms with Crippen LogP contribution < -0.4 is 0 Å². The molecular formula is C27H40N2O2S. The Morgan fingerprint density at radius 3 is 1.94 bits per heavy atom. The van der Waals surface area contributed by atoms with Gasteiger partial charge in [-0.3, -0.25) is 4.99 Å². The molecule has 0 bridgehead atoms. The summed E-state index contributed by atoms with van der Waals surface area (Å²) < 4.78 is 5.21. The lowest BCUT2D eigenvalue weighted by Crippen LogP contribution is -2.29. The molecule has 0 fully saturated rings. The summed E-state index contributed by atoms with van der Waals surface area (Å²) >= 11 is 1.66. The Bertz CT molecular complexity index is 861. The van der Waals surface area contributed by atoms with Crippen molar-refractivity contribution in [2.45, 2.75) is 65.5 Å². The van der Waals surface area contributed by atoms with Crippen LogP contribution in [0.5, 0.6) is 5.75 Å². The number of thioether (sulfide) groups is 1. The third-order valence-electron chi connectivity index (χ3n) is 5.37. The maximum Gasteiger partial charge on any atom is 0.159 e. The topological polar surface area (TPSA) is 45.1 Å². The second kappa shape index (κ2) is 11.2. The first kappa shape index (κ1) is 26.3. The van der Waals surface area contributed by atoms with Gasteiger partial charge in [0.25, 0.3) is 0 Å². The number of methoxy groups -OCH3 is 1. The first-order valence-electron chi connectivity index (χ1n) is 11.2. The Kier molecular flexibility index (Phi) is 9.23. The van der Waals surface area contributed by atoms with Gasteiger partial charge in [-0.05, 0) is 51.5 Å². The zero-order chi connectivity index (χ0) is 23.9. The molecule has 4 nitrogen and oxygen atoms in total. The summed E-state index contributed by atoms with van der Waals surface area (Å²) in [5.41, 5.74) is 4.09. The van der Waals surface area contributed by atoms with E-state index in [2.05, 4.69) is 89.1 Å². The summed E-state index contributed by atoms with van der Waals surface area (Å²) in [6, 6.07) is 14.8. The Balaban J connectivity index is 2.52. The number of phenolic OH excluding ortho intramolecular Hbond substituents is 1. The van der Waals surface area contributed by atoms with E-state index < -0.39 is 0 Å². The zero-order valence-corrected chi connectivity index (χ0v) is 21.8. The monoisotopic (exact) mass is 456 g/mol. The number of aliphatic imine (C=N–C) groups is 1. The molecule has 5 heteroatoms. The highest BCUT2D eigenvalue weighted by molar-refractivity contribution is 8.13. The van der Waals surface area contributed by atoms with Crippen LogP contribution in [-0.2, 0) is 28.7 Å². The number of aromatic hydroxyl groups is 1. The molecule has 0 atom stereocenters. The van der Waals surface area contributed by atoms with Crippen LogP contribution in [0.1, 0.15) is 63.8 Å². The van der Waals surface area contributed by atoms with Crippen LogP contribution in [0.3, 0.4) is 0 Å². The van der Waals surface area contributed by atoms with Gasteiger partial charge in [0.05, 0.1) is 13.2 Å². The van der Waals surface area contributed by atoms with Crippen LogP contribution in [0.15, 0.2) is 47.5 Å². The van der Waals surface area contributed by atoms with Crippen LogP contribution in [0, 0.1) is 0 Å². The number of hydrogen-bond donors (Lipinski definition) is 1. The van der Waals surface area contributed by atoms with E-state index in [0.717, 1.165) is 22.8 Å². The van der Waals surface area contributed by atoms with Crippen molar-refractivity contribution in [3.8, 4) is 5.75 Å². The molecule has 0 radical (unpaired) electrons. The van der Waals surface area contributed by atoms with Crippen molar-refractivity contribution in [2.24, 2.45) is 4.99 Å². The molecule has 0 aliphatic carbocycles. The van der Waals surface area contributed by atoms with E-state index in [9.17, 15) is 5.11 Å². The molecule has 2 aromatic carbocycles.